The Kier molecular flexibility index (Phi) is 8.63. The summed E-state index contributed by atoms with van der Waals surface area (Å²) in [5, 5.41) is 3.18. The summed E-state index contributed by atoms with van der Waals surface area (Å²) in [7, 11) is 0. The van der Waals surface area contributed by atoms with Crippen molar-refractivity contribution < 1.29 is 18.6 Å². The normalized spacial score (nSPS) is 12.9. The summed E-state index contributed by atoms with van der Waals surface area (Å²) in [5.41, 5.74) is -0.645. The third kappa shape index (κ3) is 4.74. The molecule has 0 N–H and O–H groups in total. The van der Waals surface area contributed by atoms with Gasteiger partial charge in [-0.1, -0.05) is 0 Å². The van der Waals surface area contributed by atoms with E-state index < -0.39 is 24.1 Å². The Morgan fingerprint density at radius 1 is 0.783 bits per heavy atom. The first-order chi connectivity index (χ1) is 10.2. The molecule has 0 aliphatic heterocycles. The molecule has 0 unspecified atom stereocenters. The van der Waals surface area contributed by atoms with Gasteiger partial charge in [-0.05, 0) is 0 Å². The van der Waals surface area contributed by atoms with Crippen molar-refractivity contribution in [2.24, 2.45) is 0 Å². The van der Waals surface area contributed by atoms with Crippen LogP contribution < -0.4 is 10.4 Å². The molecule has 0 amide bonds. The summed E-state index contributed by atoms with van der Waals surface area (Å²) in [6, 6.07) is 22.5. The van der Waals surface area contributed by atoms with Gasteiger partial charge in [-0.2, -0.15) is 0 Å². The van der Waals surface area contributed by atoms with E-state index in [2.05, 4.69) is 88.3 Å². The Hall–Kier alpha value is -0.0330. The predicted molar refractivity (Wildman–Crippen MR) is 112 cm³/mol. The summed E-state index contributed by atoms with van der Waals surface area (Å²) in [5.74, 6) is 0. The first-order valence-corrected chi connectivity index (χ1v) is 23.4. The van der Waals surface area contributed by atoms with E-state index in [1.165, 1.54) is 6.42 Å². The number of benzene rings is 2. The Balaban J connectivity index is 0.00000132. The maximum atomic E-state index is 2.64. The zero-order chi connectivity index (χ0) is 14.7. The van der Waals surface area contributed by atoms with Crippen molar-refractivity contribution in [2.75, 3.05) is 0 Å². The van der Waals surface area contributed by atoms with Crippen molar-refractivity contribution >= 4 is 49.8 Å². The molecule has 121 valence electrons. The monoisotopic (exact) mass is 617 g/mol. The molecule has 0 aromatic heterocycles. The molecule has 23 heavy (non-hydrogen) atoms. The van der Waals surface area contributed by atoms with Gasteiger partial charge in [-0.3, -0.25) is 0 Å². The van der Waals surface area contributed by atoms with Crippen LogP contribution in [0.15, 0.2) is 82.2 Å². The molecule has 0 radical (unpaired) electrons. The fourth-order valence-corrected chi connectivity index (χ4v) is 34.5. The summed E-state index contributed by atoms with van der Waals surface area (Å²) >= 11 is -2.49. The van der Waals surface area contributed by atoms with Crippen LogP contribution in [0.5, 0.6) is 0 Å². The van der Waals surface area contributed by atoms with E-state index in [0.717, 1.165) is 0 Å². The molecule has 2 aromatic carbocycles. The molecule has 2 aromatic rings. The van der Waals surface area contributed by atoms with E-state index in [4.69, 9.17) is 0 Å². The molecule has 0 saturated heterocycles. The molecule has 0 atom stereocenters. The average molecular weight is 618 g/mol. The molecule has 4 heteroatoms. The van der Waals surface area contributed by atoms with Gasteiger partial charge in [-0.15, -0.1) is 34.0 Å². The van der Waals surface area contributed by atoms with Crippen molar-refractivity contribution in [2.45, 2.75) is 15.8 Å². The van der Waals surface area contributed by atoms with Crippen LogP contribution in [-0.4, -0.2) is 5.49 Å². The van der Waals surface area contributed by atoms with Gasteiger partial charge in [0.05, 0.1) is 0 Å². The minimum atomic E-state index is -2.49. The van der Waals surface area contributed by atoms with Gasteiger partial charge in [0.1, 0.15) is 0 Å². The van der Waals surface area contributed by atoms with Gasteiger partial charge in [-0.25, -0.2) is 0 Å². The quantitative estimate of drug-likeness (QED) is 0.424. The van der Waals surface area contributed by atoms with E-state index in [-0.39, 0.29) is 34.0 Å². The molecule has 1 aliphatic rings. The predicted octanol–water partition coefficient (Wildman–Crippen LogP) is 5.04. The summed E-state index contributed by atoms with van der Waals surface area (Å²) < 4.78 is 7.06. The van der Waals surface area contributed by atoms with Gasteiger partial charge in [0.15, 0.2) is 0 Å². The van der Waals surface area contributed by atoms with Crippen LogP contribution in [0.1, 0.15) is 6.42 Å². The van der Waals surface area contributed by atoms with E-state index in [9.17, 15) is 0 Å². The van der Waals surface area contributed by atoms with E-state index >= 15 is 0 Å². The van der Waals surface area contributed by atoms with Gasteiger partial charge in [0, 0.05) is 0 Å². The maximum absolute atomic E-state index is 2.64. The third-order valence-electron chi connectivity index (χ3n) is 4.32. The average Bonchev–Trinajstić information content (AvgIpc) is 3.04. The van der Waals surface area contributed by atoms with Gasteiger partial charge < -0.3 is 0 Å². The van der Waals surface area contributed by atoms with Gasteiger partial charge in [0.25, 0.3) is 0 Å². The molecule has 0 heterocycles. The standard InChI is InChI=1S/C12H10Si.C5H5.2CH3.2BrH.Hf/c1-3-7-11(8-4-1)13-12-9-5-2-6-10-12;1-2-4-5-3-1;;;;;/h1-10H;1-3H,4H2;2*1H3;2*1H;. The SMILES string of the molecule is Br.Br.[CH3][Hf]([CH3])([C]1=CC=CC1)=[Si](c1ccccc1)c1ccccc1. The van der Waals surface area contributed by atoms with Crippen LogP contribution in [0.3, 0.4) is 0 Å². The molecule has 0 fully saturated rings. The molecule has 0 saturated carbocycles. The molecule has 0 bridgehead atoms. The Morgan fingerprint density at radius 2 is 1.26 bits per heavy atom. The Morgan fingerprint density at radius 3 is 1.65 bits per heavy atom. The van der Waals surface area contributed by atoms with Gasteiger partial charge >= 0.3 is 132 Å². The first kappa shape index (κ1) is 21.0. The Bertz CT molecular complexity index is 702. The van der Waals surface area contributed by atoms with Crippen LogP contribution in [0.2, 0.25) is 9.36 Å². The first-order valence-electron chi connectivity index (χ1n) is 7.54. The van der Waals surface area contributed by atoms with Crippen molar-refractivity contribution in [1.29, 1.82) is 0 Å². The summed E-state index contributed by atoms with van der Waals surface area (Å²) in [6.07, 6.45) is 8.19. The molecule has 0 nitrogen and oxygen atoms in total. The van der Waals surface area contributed by atoms with Crippen LogP contribution in [0.4, 0.5) is 0 Å². The van der Waals surface area contributed by atoms with E-state index in [1.54, 1.807) is 13.7 Å². The summed E-state index contributed by atoms with van der Waals surface area (Å²) in [4.78, 5) is 0. The number of allylic oxidation sites excluding steroid dienone is 4. The fraction of sp³-hybridized carbons (Fsp3) is 0.158. The Labute approximate surface area is 165 Å². The zero-order valence-corrected chi connectivity index (χ0v) is 21.5. The van der Waals surface area contributed by atoms with Crippen LogP contribution in [-0.2, 0) is 18.6 Å². The molecular formula is C19H23Br2HfSi. The molecule has 0 spiro atoms. The van der Waals surface area contributed by atoms with Crippen LogP contribution in [0.25, 0.3) is 0 Å². The van der Waals surface area contributed by atoms with Crippen molar-refractivity contribution in [3.8, 4) is 0 Å². The minimum absolute atomic E-state index is 0. The number of rotatable bonds is 3. The topological polar surface area (TPSA) is 0 Å². The molecule has 3 rings (SSSR count). The molecular weight excluding hydrogens is 595 g/mol. The second kappa shape index (κ2) is 9.45. The number of hydrogen-bond acceptors (Lipinski definition) is 0. The van der Waals surface area contributed by atoms with Crippen molar-refractivity contribution in [3.05, 3.63) is 82.2 Å². The van der Waals surface area contributed by atoms with Crippen LogP contribution in [0, 0.1) is 0 Å². The van der Waals surface area contributed by atoms with E-state index in [1.807, 2.05) is 0 Å². The fourth-order valence-electron chi connectivity index (χ4n) is 3.17. The zero-order valence-electron chi connectivity index (χ0n) is 13.5. The molecule has 1 aliphatic carbocycles. The van der Waals surface area contributed by atoms with E-state index in [0.29, 0.717) is 0 Å². The van der Waals surface area contributed by atoms with Crippen molar-refractivity contribution in [3.63, 3.8) is 0 Å². The second-order valence-corrected chi connectivity index (χ2v) is 37.6. The van der Waals surface area contributed by atoms with Crippen LogP contribution >= 0.6 is 34.0 Å². The van der Waals surface area contributed by atoms with Crippen molar-refractivity contribution in [1.82, 2.24) is 0 Å². The third-order valence-corrected chi connectivity index (χ3v) is 36.8. The number of hydrogen-bond donors (Lipinski definition) is 0. The second-order valence-electron chi connectivity index (χ2n) is 6.06. The van der Waals surface area contributed by atoms with Gasteiger partial charge in [0.2, 0.25) is 0 Å². The number of halogens is 2. The summed E-state index contributed by atoms with van der Waals surface area (Å²) in [6.45, 7) is 0.